The molecule has 9 rings (SSSR count). The third-order valence-corrected chi connectivity index (χ3v) is 10.4. The zero-order valence-electron chi connectivity index (χ0n) is 32.4. The van der Waals surface area contributed by atoms with Crippen molar-refractivity contribution in [3.63, 3.8) is 0 Å². The zero-order chi connectivity index (χ0) is 39.6. The van der Waals surface area contributed by atoms with Crippen LogP contribution in [0.15, 0.2) is 91.5 Å². The fourth-order valence-electron chi connectivity index (χ4n) is 7.38. The van der Waals surface area contributed by atoms with Gasteiger partial charge in [-0.15, -0.1) is 0 Å². The number of phenolic OH excluding ortho intramolecular Hbond substituents is 1. The number of carbonyl (C=O) groups excluding carboxylic acids is 1. The van der Waals surface area contributed by atoms with Gasteiger partial charge in [-0.25, -0.2) is 24.7 Å². The standard InChI is InChI=1S/C42H44N12O4/c1-50(2)16-17-51-15-12-33-40(51)48-38(49-41(33)53-20-24-58-25-21-53)34-26-31(55)9-10-35(34)54(42(56)45-29-4-3-13-43-27-29)30-7-5-28(6-8-30)36-46-37-32(11-14-44-37)39(47-36)52-18-22-57-23-19-52/h3-15,26-27,55H,16-25H2,1-2H3,(H,45,56)(H,44,46,47). The number of carbonyl (C=O) groups is 1. The first-order valence-corrected chi connectivity index (χ1v) is 19.4. The van der Waals surface area contributed by atoms with Crippen LogP contribution < -0.4 is 20.0 Å². The third-order valence-electron chi connectivity index (χ3n) is 10.4. The summed E-state index contributed by atoms with van der Waals surface area (Å²) in [7, 11) is 4.08. The van der Waals surface area contributed by atoms with Gasteiger partial charge in [-0.2, -0.15) is 0 Å². The average molecular weight is 781 g/mol. The van der Waals surface area contributed by atoms with Crippen molar-refractivity contribution in [1.82, 2.24) is 39.4 Å². The maximum atomic E-state index is 14.6. The molecule has 0 radical (unpaired) electrons. The first-order chi connectivity index (χ1) is 28.4. The summed E-state index contributed by atoms with van der Waals surface area (Å²) in [5, 5.41) is 15.9. The van der Waals surface area contributed by atoms with E-state index in [1.165, 1.54) is 0 Å². The van der Waals surface area contributed by atoms with Gasteiger partial charge in [0.15, 0.2) is 11.6 Å². The van der Waals surface area contributed by atoms with E-state index in [0.29, 0.717) is 80.3 Å². The number of phenols is 1. The van der Waals surface area contributed by atoms with Gasteiger partial charge in [-0.05, 0) is 80.8 Å². The maximum absolute atomic E-state index is 14.6. The smallest absolute Gasteiger partial charge is 0.331 e. The summed E-state index contributed by atoms with van der Waals surface area (Å²) in [6.07, 6.45) is 7.15. The van der Waals surface area contributed by atoms with E-state index in [0.717, 1.165) is 58.9 Å². The number of aromatic nitrogens is 7. The number of aromatic amines is 1. The molecule has 0 bridgehead atoms. The lowest BCUT2D eigenvalue weighted by atomic mass is 10.1. The normalized spacial score (nSPS) is 14.7. The van der Waals surface area contributed by atoms with Crippen LogP contribution in [0, 0.1) is 0 Å². The Morgan fingerprint density at radius 1 is 0.845 bits per heavy atom. The minimum Gasteiger partial charge on any atom is -0.508 e. The van der Waals surface area contributed by atoms with Crippen LogP contribution in [0.1, 0.15) is 0 Å². The molecule has 296 valence electrons. The largest absolute Gasteiger partial charge is 0.508 e. The molecular formula is C42H44N12O4. The van der Waals surface area contributed by atoms with E-state index < -0.39 is 6.03 Å². The number of aromatic hydroxyl groups is 1. The van der Waals surface area contributed by atoms with Gasteiger partial charge in [0.1, 0.15) is 28.7 Å². The summed E-state index contributed by atoms with van der Waals surface area (Å²) in [4.78, 5) is 50.3. The molecule has 16 heteroatoms. The van der Waals surface area contributed by atoms with E-state index >= 15 is 0 Å². The monoisotopic (exact) mass is 780 g/mol. The van der Waals surface area contributed by atoms with E-state index in [2.05, 4.69) is 40.6 Å². The maximum Gasteiger partial charge on any atom is 0.331 e. The summed E-state index contributed by atoms with van der Waals surface area (Å²) < 4.78 is 13.4. The highest BCUT2D eigenvalue weighted by molar-refractivity contribution is 6.09. The Kier molecular flexibility index (Phi) is 10.3. The second kappa shape index (κ2) is 16.1. The number of urea groups is 1. The molecule has 2 aromatic carbocycles. The number of likely N-dealkylation sites (N-methyl/N-ethyl adjacent to an activating group) is 1. The van der Waals surface area contributed by atoms with Gasteiger partial charge in [0.25, 0.3) is 0 Å². The van der Waals surface area contributed by atoms with Gasteiger partial charge < -0.3 is 44.1 Å². The molecule has 7 aromatic rings. The van der Waals surface area contributed by atoms with Gasteiger partial charge in [0.2, 0.25) is 0 Å². The summed E-state index contributed by atoms with van der Waals surface area (Å²) in [6.45, 7) is 6.75. The summed E-state index contributed by atoms with van der Waals surface area (Å²) >= 11 is 0. The number of nitrogens with zero attached hydrogens (tertiary/aromatic N) is 10. The van der Waals surface area contributed by atoms with Crippen LogP contribution in [-0.2, 0) is 16.0 Å². The molecule has 0 atom stereocenters. The molecule has 0 aliphatic carbocycles. The van der Waals surface area contributed by atoms with Crippen LogP contribution in [-0.4, -0.2) is 124 Å². The molecule has 2 saturated heterocycles. The van der Waals surface area contributed by atoms with Crippen LogP contribution in [0.25, 0.3) is 44.8 Å². The van der Waals surface area contributed by atoms with E-state index in [4.69, 9.17) is 29.4 Å². The number of fused-ring (bicyclic) bond motifs is 2. The molecule has 2 amide bonds. The summed E-state index contributed by atoms with van der Waals surface area (Å²) in [6, 6.07) is 19.6. The number of pyridine rings is 1. The highest BCUT2D eigenvalue weighted by Crippen LogP contribution is 2.40. The van der Waals surface area contributed by atoms with Crippen LogP contribution >= 0.6 is 0 Å². The Balaban J connectivity index is 1.16. The highest BCUT2D eigenvalue weighted by Gasteiger charge is 2.27. The lowest BCUT2D eigenvalue weighted by Crippen LogP contribution is -2.37. The molecule has 2 aliphatic rings. The van der Waals surface area contributed by atoms with Gasteiger partial charge in [0, 0.05) is 69.0 Å². The van der Waals surface area contributed by atoms with E-state index in [-0.39, 0.29) is 5.75 Å². The fraction of sp³-hybridized carbons (Fsp3) is 0.286. The topological polar surface area (TPSA) is 166 Å². The molecule has 16 nitrogen and oxygen atoms in total. The lowest BCUT2D eigenvalue weighted by Gasteiger charge is -2.29. The molecule has 0 unspecified atom stereocenters. The highest BCUT2D eigenvalue weighted by atomic mass is 16.5. The van der Waals surface area contributed by atoms with Crippen LogP contribution in [0.5, 0.6) is 5.75 Å². The molecular weight excluding hydrogens is 737 g/mol. The molecule has 0 saturated carbocycles. The predicted octanol–water partition coefficient (Wildman–Crippen LogP) is 5.74. The van der Waals surface area contributed by atoms with Crippen molar-refractivity contribution in [3.8, 4) is 28.5 Å². The van der Waals surface area contributed by atoms with E-state index in [1.807, 2.05) is 56.8 Å². The van der Waals surface area contributed by atoms with Gasteiger partial charge in [-0.1, -0.05) is 0 Å². The second-order valence-electron chi connectivity index (χ2n) is 14.5. The molecule has 5 aromatic heterocycles. The number of amides is 2. The zero-order valence-corrected chi connectivity index (χ0v) is 32.4. The van der Waals surface area contributed by atoms with Crippen molar-refractivity contribution in [3.05, 3.63) is 91.5 Å². The Hall–Kier alpha value is -6.62. The molecule has 2 aliphatic heterocycles. The number of hydrogen-bond acceptors (Lipinski definition) is 12. The molecule has 7 heterocycles. The fourth-order valence-corrected chi connectivity index (χ4v) is 7.38. The van der Waals surface area contributed by atoms with Crippen molar-refractivity contribution in [2.45, 2.75) is 6.54 Å². The van der Waals surface area contributed by atoms with Crippen molar-refractivity contribution < 1.29 is 19.4 Å². The first-order valence-electron chi connectivity index (χ1n) is 19.4. The summed E-state index contributed by atoms with van der Waals surface area (Å²) in [5.41, 5.74) is 4.27. The molecule has 0 spiro atoms. The van der Waals surface area contributed by atoms with Crippen LogP contribution in [0.4, 0.5) is 33.5 Å². The lowest BCUT2D eigenvalue weighted by molar-refractivity contribution is 0.122. The third kappa shape index (κ3) is 7.47. The van der Waals surface area contributed by atoms with E-state index in [9.17, 15) is 9.90 Å². The van der Waals surface area contributed by atoms with Crippen molar-refractivity contribution in [2.24, 2.45) is 0 Å². The van der Waals surface area contributed by atoms with Crippen molar-refractivity contribution in [1.29, 1.82) is 0 Å². The number of hydrogen-bond donors (Lipinski definition) is 3. The quantitative estimate of drug-likeness (QED) is 0.154. The van der Waals surface area contributed by atoms with Gasteiger partial charge in [-0.3, -0.25) is 9.88 Å². The number of morpholine rings is 2. The SMILES string of the molecule is CN(C)CCn1ccc2c(N3CCOCC3)nc(-c3cc(O)ccc3N(C(=O)Nc3cccnc3)c3ccc(-c4nc(N5CCOCC5)c5cc[nH]c5n4)cc3)nc21. The molecule has 3 N–H and O–H groups in total. The first kappa shape index (κ1) is 37.0. The van der Waals surface area contributed by atoms with Crippen molar-refractivity contribution >= 4 is 56.8 Å². The number of rotatable bonds is 10. The Morgan fingerprint density at radius 2 is 1.57 bits per heavy atom. The molecule has 2 fully saturated rings. The average Bonchev–Trinajstić information content (AvgIpc) is 3.91. The van der Waals surface area contributed by atoms with Crippen LogP contribution in [0.2, 0.25) is 0 Å². The number of nitrogens with one attached hydrogen (secondary N) is 2. The number of benzene rings is 2. The van der Waals surface area contributed by atoms with Gasteiger partial charge in [0.05, 0.1) is 60.5 Å². The van der Waals surface area contributed by atoms with Crippen molar-refractivity contribution in [2.75, 3.05) is 93.3 Å². The minimum absolute atomic E-state index is 0.00857. The van der Waals surface area contributed by atoms with Gasteiger partial charge >= 0.3 is 6.03 Å². The Bertz CT molecular complexity index is 2550. The Labute approximate surface area is 334 Å². The Morgan fingerprint density at radius 3 is 2.28 bits per heavy atom. The number of anilines is 5. The summed E-state index contributed by atoms with van der Waals surface area (Å²) in [5.74, 6) is 2.54. The van der Waals surface area contributed by atoms with Crippen LogP contribution in [0.3, 0.4) is 0 Å². The predicted molar refractivity (Wildman–Crippen MR) is 224 cm³/mol. The number of ether oxygens (including phenoxy) is 2. The molecule has 58 heavy (non-hydrogen) atoms. The minimum atomic E-state index is -0.449. The number of H-pyrrole nitrogens is 1. The second-order valence-corrected chi connectivity index (χ2v) is 14.5. The van der Waals surface area contributed by atoms with E-state index in [1.54, 1.807) is 47.6 Å².